The van der Waals surface area contributed by atoms with Crippen LogP contribution in [0.3, 0.4) is 0 Å². The van der Waals surface area contributed by atoms with E-state index >= 15 is 0 Å². The fourth-order valence-electron chi connectivity index (χ4n) is 1.86. The number of aldehydes is 1. The molecule has 1 rings (SSSR count). The third-order valence-electron chi connectivity index (χ3n) is 2.79. The van der Waals surface area contributed by atoms with E-state index in [0.29, 0.717) is 6.29 Å². The minimum absolute atomic E-state index is 0.142. The standard InChI is InChI=1S/C13H20NO5P/c1-4-18-20(16,19-5-2)13(14,17-3)12-9-7-6-8-11(12)10-15/h6-10H,4-5,14H2,1-3H3/t13-/m1/s1. The second kappa shape index (κ2) is 7.11. The molecule has 0 aliphatic heterocycles. The minimum Gasteiger partial charge on any atom is -0.349 e. The number of carbonyl (C=O) groups excluding carboxylic acids is 1. The maximum atomic E-state index is 12.9. The van der Waals surface area contributed by atoms with Crippen molar-refractivity contribution in [3.05, 3.63) is 35.4 Å². The van der Waals surface area contributed by atoms with Gasteiger partial charge in [0, 0.05) is 18.2 Å². The van der Waals surface area contributed by atoms with Crippen LogP contribution in [0.2, 0.25) is 0 Å². The number of carbonyl (C=O) groups is 1. The van der Waals surface area contributed by atoms with E-state index < -0.39 is 13.1 Å². The summed E-state index contributed by atoms with van der Waals surface area (Å²) in [6.45, 7) is 3.63. The van der Waals surface area contributed by atoms with Gasteiger partial charge in [-0.3, -0.25) is 15.1 Å². The number of ether oxygens (including phenoxy) is 1. The summed E-state index contributed by atoms with van der Waals surface area (Å²) in [4.78, 5) is 11.2. The van der Waals surface area contributed by atoms with Crippen molar-refractivity contribution in [2.24, 2.45) is 5.73 Å². The SMILES string of the molecule is CCOP(=O)(OCC)[C@](N)(OC)c1ccccc1C=O. The molecule has 0 amide bonds. The number of rotatable bonds is 8. The lowest BCUT2D eigenvalue weighted by molar-refractivity contribution is 0.0247. The molecule has 0 saturated carbocycles. The molecule has 0 unspecified atom stereocenters. The fraction of sp³-hybridized carbons (Fsp3) is 0.462. The van der Waals surface area contributed by atoms with Crippen LogP contribution in [0.5, 0.6) is 0 Å². The Morgan fingerprint density at radius 3 is 2.25 bits per heavy atom. The molecule has 2 N–H and O–H groups in total. The monoisotopic (exact) mass is 301 g/mol. The molecule has 20 heavy (non-hydrogen) atoms. The summed E-state index contributed by atoms with van der Waals surface area (Å²) in [5, 5.41) is 0. The number of hydrogen-bond acceptors (Lipinski definition) is 6. The molecule has 0 bridgehead atoms. The van der Waals surface area contributed by atoms with Crippen LogP contribution in [0.1, 0.15) is 29.8 Å². The van der Waals surface area contributed by atoms with Crippen molar-refractivity contribution >= 4 is 13.9 Å². The fourth-order valence-corrected chi connectivity index (χ4v) is 3.72. The van der Waals surface area contributed by atoms with Gasteiger partial charge in [0.05, 0.1) is 13.2 Å². The van der Waals surface area contributed by atoms with Crippen molar-refractivity contribution in [3.8, 4) is 0 Å². The molecule has 1 atom stereocenters. The van der Waals surface area contributed by atoms with E-state index in [4.69, 9.17) is 19.5 Å². The zero-order valence-electron chi connectivity index (χ0n) is 11.9. The summed E-state index contributed by atoms with van der Waals surface area (Å²) in [5.74, 6) is 0. The first-order valence-electron chi connectivity index (χ1n) is 6.27. The Hall–Kier alpha value is -1.04. The summed E-state index contributed by atoms with van der Waals surface area (Å²) in [6, 6.07) is 6.48. The summed E-state index contributed by atoms with van der Waals surface area (Å²) in [6.07, 6.45) is 0.623. The summed E-state index contributed by atoms with van der Waals surface area (Å²) >= 11 is 0. The van der Waals surface area contributed by atoms with E-state index in [1.807, 2.05) is 0 Å². The van der Waals surface area contributed by atoms with E-state index in [0.717, 1.165) is 0 Å². The van der Waals surface area contributed by atoms with Gasteiger partial charge in [0.1, 0.15) is 0 Å². The Kier molecular flexibility index (Phi) is 6.05. The van der Waals surface area contributed by atoms with Crippen LogP contribution in [-0.2, 0) is 23.8 Å². The molecule has 0 fully saturated rings. The van der Waals surface area contributed by atoms with Crippen molar-refractivity contribution in [2.45, 2.75) is 19.3 Å². The lowest BCUT2D eigenvalue weighted by Gasteiger charge is -2.35. The maximum absolute atomic E-state index is 12.9. The Balaban J connectivity index is 3.44. The van der Waals surface area contributed by atoms with Crippen molar-refractivity contribution in [1.82, 2.24) is 0 Å². The van der Waals surface area contributed by atoms with E-state index in [-0.39, 0.29) is 24.3 Å². The quantitative estimate of drug-likeness (QED) is 0.451. The molecule has 0 saturated heterocycles. The summed E-state index contributed by atoms with van der Waals surface area (Å²) in [7, 11) is -2.51. The predicted octanol–water partition coefficient (Wildman–Crippen LogP) is 2.48. The van der Waals surface area contributed by atoms with Crippen LogP contribution >= 0.6 is 7.60 Å². The lowest BCUT2D eigenvalue weighted by atomic mass is 10.1. The molecule has 0 aliphatic rings. The molecule has 0 aromatic heterocycles. The molecule has 0 heterocycles. The third-order valence-corrected chi connectivity index (χ3v) is 5.22. The lowest BCUT2D eigenvalue weighted by Crippen LogP contribution is -2.41. The van der Waals surface area contributed by atoms with Crippen LogP contribution in [0.4, 0.5) is 0 Å². The average molecular weight is 301 g/mol. The first-order chi connectivity index (χ1) is 9.49. The Labute approximate surface area is 118 Å². The van der Waals surface area contributed by atoms with Crippen molar-refractivity contribution in [3.63, 3.8) is 0 Å². The average Bonchev–Trinajstić information content (AvgIpc) is 2.46. The second-order valence-electron chi connectivity index (χ2n) is 3.94. The Morgan fingerprint density at radius 1 is 1.25 bits per heavy atom. The van der Waals surface area contributed by atoms with Crippen LogP contribution < -0.4 is 5.73 Å². The van der Waals surface area contributed by atoms with Crippen LogP contribution in [-0.4, -0.2) is 26.6 Å². The van der Waals surface area contributed by atoms with Crippen molar-refractivity contribution in [2.75, 3.05) is 20.3 Å². The normalized spacial score (nSPS) is 14.8. The molecule has 6 nitrogen and oxygen atoms in total. The highest BCUT2D eigenvalue weighted by molar-refractivity contribution is 7.54. The van der Waals surface area contributed by atoms with E-state index in [1.54, 1.807) is 38.1 Å². The molecule has 7 heteroatoms. The number of methoxy groups -OCH3 is 1. The second-order valence-corrected chi connectivity index (χ2v) is 6.11. The van der Waals surface area contributed by atoms with E-state index in [9.17, 15) is 9.36 Å². The first kappa shape index (κ1) is 17.0. The molecule has 112 valence electrons. The van der Waals surface area contributed by atoms with Gasteiger partial charge in [-0.25, -0.2) is 0 Å². The van der Waals surface area contributed by atoms with Gasteiger partial charge in [-0.2, -0.15) is 0 Å². The molecule has 0 radical (unpaired) electrons. The van der Waals surface area contributed by atoms with E-state index in [2.05, 4.69) is 0 Å². The highest BCUT2D eigenvalue weighted by Crippen LogP contribution is 2.62. The van der Waals surface area contributed by atoms with Crippen molar-refractivity contribution in [1.29, 1.82) is 0 Å². The Bertz CT molecular complexity index is 497. The summed E-state index contributed by atoms with van der Waals surface area (Å²) < 4.78 is 28.7. The topological polar surface area (TPSA) is 87.8 Å². The first-order valence-corrected chi connectivity index (χ1v) is 7.81. The minimum atomic E-state index is -3.81. The Morgan fingerprint density at radius 2 is 1.80 bits per heavy atom. The van der Waals surface area contributed by atoms with Gasteiger partial charge in [0.25, 0.3) is 0 Å². The van der Waals surface area contributed by atoms with Crippen LogP contribution in [0.25, 0.3) is 0 Å². The number of benzene rings is 1. The zero-order chi connectivity index (χ0) is 15.2. The van der Waals surface area contributed by atoms with Gasteiger partial charge >= 0.3 is 7.60 Å². The smallest absolute Gasteiger partial charge is 0.349 e. The number of nitrogens with two attached hydrogens (primary N) is 1. The van der Waals surface area contributed by atoms with Crippen LogP contribution in [0.15, 0.2) is 24.3 Å². The van der Waals surface area contributed by atoms with Gasteiger partial charge in [-0.05, 0) is 13.8 Å². The molecule has 1 aromatic carbocycles. The predicted molar refractivity (Wildman–Crippen MR) is 75.6 cm³/mol. The number of hydrogen-bond donors (Lipinski definition) is 1. The molecular weight excluding hydrogens is 281 g/mol. The highest BCUT2D eigenvalue weighted by atomic mass is 31.2. The molecular formula is C13H20NO5P. The van der Waals surface area contributed by atoms with Gasteiger partial charge in [0.15, 0.2) is 6.29 Å². The van der Waals surface area contributed by atoms with Crippen molar-refractivity contribution < 1.29 is 23.1 Å². The van der Waals surface area contributed by atoms with Gasteiger partial charge in [0.2, 0.25) is 5.47 Å². The van der Waals surface area contributed by atoms with Gasteiger partial charge < -0.3 is 13.8 Å². The highest BCUT2D eigenvalue weighted by Gasteiger charge is 2.51. The van der Waals surface area contributed by atoms with Gasteiger partial charge in [-0.1, -0.05) is 24.3 Å². The van der Waals surface area contributed by atoms with Crippen LogP contribution in [0, 0.1) is 0 Å². The maximum Gasteiger partial charge on any atom is 0.381 e. The molecule has 0 aliphatic carbocycles. The summed E-state index contributed by atoms with van der Waals surface area (Å²) in [5.41, 5.74) is 4.86. The zero-order valence-corrected chi connectivity index (χ0v) is 12.8. The van der Waals surface area contributed by atoms with E-state index in [1.165, 1.54) is 7.11 Å². The molecule has 1 aromatic rings. The third kappa shape index (κ3) is 3.00. The van der Waals surface area contributed by atoms with Gasteiger partial charge in [-0.15, -0.1) is 0 Å². The largest absolute Gasteiger partial charge is 0.381 e. The molecule has 0 spiro atoms.